The fourth-order valence-electron chi connectivity index (χ4n) is 2.76. The molecule has 0 radical (unpaired) electrons. The number of hydrogen-bond donors (Lipinski definition) is 1. The molecular formula is C13H25N. The summed E-state index contributed by atoms with van der Waals surface area (Å²) in [6, 6.07) is 0. The maximum atomic E-state index is 3.68. The number of rotatable bonds is 4. The molecule has 2 saturated carbocycles. The number of hydrogen-bond acceptors (Lipinski definition) is 1. The minimum Gasteiger partial charge on any atom is -0.316 e. The predicted octanol–water partition coefficient (Wildman–Crippen LogP) is 3.35. The van der Waals surface area contributed by atoms with Crippen LogP contribution in [0.4, 0.5) is 0 Å². The van der Waals surface area contributed by atoms with Crippen LogP contribution < -0.4 is 5.32 Å². The van der Waals surface area contributed by atoms with Gasteiger partial charge in [0, 0.05) is 0 Å². The van der Waals surface area contributed by atoms with E-state index in [4.69, 9.17) is 0 Å². The van der Waals surface area contributed by atoms with Gasteiger partial charge in [0.2, 0.25) is 0 Å². The molecule has 0 bridgehead atoms. The van der Waals surface area contributed by atoms with E-state index in [1.54, 1.807) is 0 Å². The molecule has 0 heterocycles. The van der Waals surface area contributed by atoms with Crippen LogP contribution in [-0.2, 0) is 0 Å². The van der Waals surface area contributed by atoms with Gasteiger partial charge >= 0.3 is 0 Å². The van der Waals surface area contributed by atoms with Crippen LogP contribution in [-0.4, -0.2) is 13.1 Å². The van der Waals surface area contributed by atoms with E-state index < -0.39 is 0 Å². The molecule has 1 nitrogen and oxygen atoms in total. The van der Waals surface area contributed by atoms with E-state index in [2.05, 4.69) is 5.32 Å². The summed E-state index contributed by atoms with van der Waals surface area (Å²) in [6.07, 6.45) is 13.4. The minimum atomic E-state index is 0.998. The molecule has 2 aliphatic carbocycles. The van der Waals surface area contributed by atoms with E-state index in [-0.39, 0.29) is 0 Å². The normalized spacial score (nSPS) is 25.7. The van der Waals surface area contributed by atoms with Gasteiger partial charge in [-0.25, -0.2) is 0 Å². The topological polar surface area (TPSA) is 12.0 Å². The van der Waals surface area contributed by atoms with Crippen LogP contribution in [0.3, 0.4) is 0 Å². The minimum absolute atomic E-state index is 0.998. The van der Waals surface area contributed by atoms with Crippen molar-refractivity contribution in [3.05, 3.63) is 0 Å². The Balaban J connectivity index is 1.54. The van der Waals surface area contributed by atoms with E-state index in [1.165, 1.54) is 70.9 Å². The Morgan fingerprint density at radius 2 is 1.14 bits per heavy atom. The molecule has 0 aliphatic heterocycles. The summed E-state index contributed by atoms with van der Waals surface area (Å²) in [7, 11) is 0. The smallest absolute Gasteiger partial charge is 0.00204 e. The fourth-order valence-corrected chi connectivity index (χ4v) is 2.76. The molecule has 2 aliphatic rings. The maximum absolute atomic E-state index is 3.68. The molecule has 0 amide bonds. The lowest BCUT2D eigenvalue weighted by Crippen LogP contribution is -2.31. The summed E-state index contributed by atoms with van der Waals surface area (Å²) in [4.78, 5) is 0. The summed E-state index contributed by atoms with van der Waals surface area (Å²) in [6.45, 7) is 2.60. The Labute approximate surface area is 88.7 Å². The molecule has 0 aromatic rings. The van der Waals surface area contributed by atoms with Crippen LogP contribution in [0.1, 0.15) is 57.8 Å². The Hall–Kier alpha value is -0.0400. The third-order valence-electron chi connectivity index (χ3n) is 4.07. The zero-order valence-corrected chi connectivity index (χ0v) is 9.43. The fraction of sp³-hybridized carbons (Fsp3) is 1.00. The Morgan fingerprint density at radius 3 is 1.57 bits per heavy atom. The SMILES string of the molecule is C1CCCC(CNCC2CCC2)CC1. The largest absolute Gasteiger partial charge is 0.316 e. The van der Waals surface area contributed by atoms with Crippen molar-refractivity contribution in [1.82, 2.24) is 5.32 Å². The first-order valence-electron chi connectivity index (χ1n) is 6.66. The standard InChI is InChI=1S/C13H25N/c1-2-4-7-12(6-3-1)10-14-11-13-8-5-9-13/h12-14H,1-11H2. The molecule has 14 heavy (non-hydrogen) atoms. The third kappa shape index (κ3) is 3.27. The van der Waals surface area contributed by atoms with E-state index >= 15 is 0 Å². The molecule has 2 fully saturated rings. The van der Waals surface area contributed by atoms with Crippen LogP contribution in [0.5, 0.6) is 0 Å². The molecule has 82 valence electrons. The second kappa shape index (κ2) is 5.75. The maximum Gasteiger partial charge on any atom is -0.00204 e. The van der Waals surface area contributed by atoms with Crippen molar-refractivity contribution in [3.63, 3.8) is 0 Å². The predicted molar refractivity (Wildman–Crippen MR) is 61.4 cm³/mol. The first-order valence-corrected chi connectivity index (χ1v) is 6.66. The van der Waals surface area contributed by atoms with Crippen molar-refractivity contribution in [2.75, 3.05) is 13.1 Å². The number of nitrogens with one attached hydrogen (secondary N) is 1. The highest BCUT2D eigenvalue weighted by Gasteiger charge is 2.17. The van der Waals surface area contributed by atoms with Crippen LogP contribution in [0.25, 0.3) is 0 Å². The molecule has 0 atom stereocenters. The van der Waals surface area contributed by atoms with Crippen molar-refractivity contribution in [1.29, 1.82) is 0 Å². The lowest BCUT2D eigenvalue weighted by molar-refractivity contribution is 0.290. The Bertz CT molecular complexity index is 143. The molecule has 1 heteroatoms. The molecule has 0 aromatic heterocycles. The quantitative estimate of drug-likeness (QED) is 0.678. The summed E-state index contributed by atoms with van der Waals surface area (Å²) < 4.78 is 0. The van der Waals surface area contributed by atoms with Gasteiger partial charge in [-0.1, -0.05) is 32.1 Å². The van der Waals surface area contributed by atoms with Crippen molar-refractivity contribution < 1.29 is 0 Å². The molecule has 0 aromatic carbocycles. The Morgan fingerprint density at radius 1 is 0.643 bits per heavy atom. The van der Waals surface area contributed by atoms with Gasteiger partial charge in [-0.15, -0.1) is 0 Å². The zero-order valence-electron chi connectivity index (χ0n) is 9.43. The van der Waals surface area contributed by atoms with Gasteiger partial charge in [0.1, 0.15) is 0 Å². The van der Waals surface area contributed by atoms with Gasteiger partial charge in [-0.3, -0.25) is 0 Å². The summed E-state index contributed by atoms with van der Waals surface area (Å²) in [5, 5.41) is 3.68. The Kier molecular flexibility index (Phi) is 4.30. The van der Waals surface area contributed by atoms with Gasteiger partial charge in [-0.05, 0) is 50.6 Å². The van der Waals surface area contributed by atoms with Crippen molar-refractivity contribution in [2.45, 2.75) is 57.8 Å². The highest BCUT2D eigenvalue weighted by atomic mass is 14.9. The second-order valence-corrected chi connectivity index (χ2v) is 5.31. The van der Waals surface area contributed by atoms with E-state index in [1.807, 2.05) is 0 Å². The van der Waals surface area contributed by atoms with Gasteiger partial charge in [0.05, 0.1) is 0 Å². The van der Waals surface area contributed by atoms with Gasteiger partial charge in [0.25, 0.3) is 0 Å². The molecule has 1 N–H and O–H groups in total. The second-order valence-electron chi connectivity index (χ2n) is 5.31. The van der Waals surface area contributed by atoms with Gasteiger partial charge < -0.3 is 5.32 Å². The van der Waals surface area contributed by atoms with E-state index in [9.17, 15) is 0 Å². The van der Waals surface area contributed by atoms with Crippen LogP contribution in [0.2, 0.25) is 0 Å². The third-order valence-corrected chi connectivity index (χ3v) is 4.07. The average Bonchev–Trinajstić information content (AvgIpc) is 2.37. The van der Waals surface area contributed by atoms with E-state index in [0.29, 0.717) is 0 Å². The first-order chi connectivity index (χ1) is 6.95. The van der Waals surface area contributed by atoms with E-state index in [0.717, 1.165) is 11.8 Å². The zero-order chi connectivity index (χ0) is 9.64. The van der Waals surface area contributed by atoms with Crippen LogP contribution in [0, 0.1) is 11.8 Å². The molecule has 2 rings (SSSR count). The van der Waals surface area contributed by atoms with Gasteiger partial charge in [-0.2, -0.15) is 0 Å². The lowest BCUT2D eigenvalue weighted by atomic mass is 9.85. The highest BCUT2D eigenvalue weighted by Crippen LogP contribution is 2.26. The van der Waals surface area contributed by atoms with Crippen molar-refractivity contribution >= 4 is 0 Å². The average molecular weight is 195 g/mol. The molecule has 0 spiro atoms. The molecule has 0 unspecified atom stereocenters. The first kappa shape index (κ1) is 10.5. The summed E-state index contributed by atoms with van der Waals surface area (Å²) in [5.41, 5.74) is 0. The highest BCUT2D eigenvalue weighted by molar-refractivity contribution is 4.73. The monoisotopic (exact) mass is 195 g/mol. The van der Waals surface area contributed by atoms with Gasteiger partial charge in [0.15, 0.2) is 0 Å². The molecule has 0 saturated heterocycles. The van der Waals surface area contributed by atoms with Crippen LogP contribution >= 0.6 is 0 Å². The summed E-state index contributed by atoms with van der Waals surface area (Å²) >= 11 is 0. The van der Waals surface area contributed by atoms with Crippen LogP contribution in [0.15, 0.2) is 0 Å². The van der Waals surface area contributed by atoms with Crippen molar-refractivity contribution in [2.24, 2.45) is 11.8 Å². The van der Waals surface area contributed by atoms with Crippen molar-refractivity contribution in [3.8, 4) is 0 Å². The molecular weight excluding hydrogens is 170 g/mol. The lowest BCUT2D eigenvalue weighted by Gasteiger charge is -2.26. The summed E-state index contributed by atoms with van der Waals surface area (Å²) in [5.74, 6) is 2.03.